The van der Waals surface area contributed by atoms with Crippen LogP contribution in [0.4, 0.5) is 0 Å². The fraction of sp³-hybridized carbons (Fsp3) is 0.389. The standard InChI is InChI=1S/C18H20N6O6S/c1-4-28-16(26)18(19-10(3)25,17(27)29-5-2)9-11-13(15-20-23-24-21-15)22-30-14(11)12-7-6-8-31-12/h6-8H,4-5,9H2,1-3H3,(H,19,25)(H,20,21,23,24). The minimum Gasteiger partial charge on any atom is -0.464 e. The van der Waals surface area contributed by atoms with E-state index < -0.39 is 23.4 Å². The smallest absolute Gasteiger partial charge is 0.344 e. The summed E-state index contributed by atoms with van der Waals surface area (Å²) in [5, 5.41) is 21.8. The number of amides is 1. The Morgan fingerprint density at radius 2 is 1.94 bits per heavy atom. The van der Waals surface area contributed by atoms with Gasteiger partial charge in [-0.25, -0.2) is 14.7 Å². The van der Waals surface area contributed by atoms with Crippen molar-refractivity contribution in [1.29, 1.82) is 0 Å². The van der Waals surface area contributed by atoms with Crippen molar-refractivity contribution < 1.29 is 28.4 Å². The molecule has 3 aromatic heterocycles. The van der Waals surface area contributed by atoms with Crippen LogP contribution in [-0.2, 0) is 30.3 Å². The number of carbonyl (C=O) groups excluding carboxylic acids is 3. The largest absolute Gasteiger partial charge is 0.464 e. The third kappa shape index (κ3) is 4.45. The third-order valence-corrected chi connectivity index (χ3v) is 5.05. The predicted octanol–water partition coefficient (Wildman–Crippen LogP) is 1.13. The lowest BCUT2D eigenvalue weighted by Crippen LogP contribution is -2.62. The molecule has 12 nitrogen and oxygen atoms in total. The second kappa shape index (κ2) is 9.47. The average molecular weight is 448 g/mol. The normalized spacial score (nSPS) is 11.2. The average Bonchev–Trinajstić information content (AvgIpc) is 3.48. The molecule has 31 heavy (non-hydrogen) atoms. The van der Waals surface area contributed by atoms with Crippen LogP contribution in [-0.4, -0.2) is 62.4 Å². The molecule has 1 amide bonds. The summed E-state index contributed by atoms with van der Waals surface area (Å²) < 4.78 is 15.8. The lowest BCUT2D eigenvalue weighted by molar-refractivity contribution is -0.167. The molecule has 0 unspecified atom stereocenters. The number of rotatable bonds is 9. The van der Waals surface area contributed by atoms with Crippen LogP contribution in [0, 0.1) is 0 Å². The number of hydrogen-bond donors (Lipinski definition) is 2. The Morgan fingerprint density at radius 1 is 1.23 bits per heavy atom. The monoisotopic (exact) mass is 448 g/mol. The van der Waals surface area contributed by atoms with E-state index in [-0.39, 0.29) is 31.2 Å². The van der Waals surface area contributed by atoms with Crippen LogP contribution in [0.2, 0.25) is 0 Å². The Labute approximate surface area is 180 Å². The van der Waals surface area contributed by atoms with Gasteiger partial charge in [-0.15, -0.1) is 16.4 Å². The summed E-state index contributed by atoms with van der Waals surface area (Å²) >= 11 is 1.36. The van der Waals surface area contributed by atoms with Crippen molar-refractivity contribution in [3.8, 4) is 22.2 Å². The van der Waals surface area contributed by atoms with E-state index in [0.29, 0.717) is 16.2 Å². The van der Waals surface area contributed by atoms with Crippen LogP contribution >= 0.6 is 11.3 Å². The highest BCUT2D eigenvalue weighted by Gasteiger charge is 2.51. The number of nitrogens with zero attached hydrogens (tertiary/aromatic N) is 4. The number of H-pyrrole nitrogens is 1. The van der Waals surface area contributed by atoms with Crippen molar-refractivity contribution in [3.63, 3.8) is 0 Å². The van der Waals surface area contributed by atoms with Gasteiger partial charge in [-0.05, 0) is 35.7 Å². The molecule has 0 radical (unpaired) electrons. The van der Waals surface area contributed by atoms with Gasteiger partial charge in [-0.2, -0.15) is 0 Å². The number of nitrogens with one attached hydrogen (secondary N) is 2. The van der Waals surface area contributed by atoms with Crippen LogP contribution in [0.5, 0.6) is 0 Å². The summed E-state index contributed by atoms with van der Waals surface area (Å²) in [6.07, 6.45) is -0.364. The first-order chi connectivity index (χ1) is 14.9. The maximum atomic E-state index is 13.0. The molecule has 0 aliphatic rings. The second-order valence-corrected chi connectivity index (χ2v) is 7.22. The molecule has 0 saturated heterocycles. The van der Waals surface area contributed by atoms with E-state index in [1.54, 1.807) is 26.0 Å². The molecular formula is C18H20N6O6S. The first kappa shape index (κ1) is 22.1. The van der Waals surface area contributed by atoms with Crippen LogP contribution in [0.3, 0.4) is 0 Å². The molecular weight excluding hydrogens is 428 g/mol. The number of tetrazole rings is 1. The van der Waals surface area contributed by atoms with Crippen molar-refractivity contribution in [2.75, 3.05) is 13.2 Å². The number of aromatic nitrogens is 5. The number of aromatic amines is 1. The number of carbonyl (C=O) groups is 3. The quantitative estimate of drug-likeness (QED) is 0.358. The zero-order valence-corrected chi connectivity index (χ0v) is 17.8. The van der Waals surface area contributed by atoms with Gasteiger partial charge in [0.1, 0.15) is 0 Å². The van der Waals surface area contributed by atoms with Gasteiger partial charge in [-0.3, -0.25) is 4.79 Å². The Balaban J connectivity index is 2.20. The molecule has 0 spiro atoms. The molecule has 0 fully saturated rings. The maximum Gasteiger partial charge on any atom is 0.344 e. The zero-order valence-electron chi connectivity index (χ0n) is 17.0. The lowest BCUT2D eigenvalue weighted by Gasteiger charge is -2.29. The minimum atomic E-state index is -2.17. The molecule has 3 rings (SSSR count). The molecule has 13 heteroatoms. The Morgan fingerprint density at radius 3 is 2.45 bits per heavy atom. The molecule has 0 atom stereocenters. The Kier molecular flexibility index (Phi) is 6.74. The molecule has 0 bridgehead atoms. The highest BCUT2D eigenvalue weighted by Crippen LogP contribution is 2.36. The van der Waals surface area contributed by atoms with Gasteiger partial charge >= 0.3 is 11.9 Å². The predicted molar refractivity (Wildman–Crippen MR) is 107 cm³/mol. The van der Waals surface area contributed by atoms with Crippen molar-refractivity contribution in [2.24, 2.45) is 0 Å². The molecule has 0 aliphatic heterocycles. The lowest BCUT2D eigenvalue weighted by atomic mass is 9.88. The summed E-state index contributed by atoms with van der Waals surface area (Å²) in [6.45, 7) is 4.33. The summed E-state index contributed by atoms with van der Waals surface area (Å²) in [4.78, 5) is 38.7. The van der Waals surface area contributed by atoms with E-state index in [2.05, 4.69) is 31.1 Å². The fourth-order valence-corrected chi connectivity index (χ4v) is 3.70. The summed E-state index contributed by atoms with van der Waals surface area (Å²) in [6, 6.07) is 3.59. The van der Waals surface area contributed by atoms with E-state index in [9.17, 15) is 14.4 Å². The highest BCUT2D eigenvalue weighted by atomic mass is 32.1. The highest BCUT2D eigenvalue weighted by molar-refractivity contribution is 7.13. The minimum absolute atomic E-state index is 0.0140. The number of hydrogen-bond acceptors (Lipinski definition) is 11. The Bertz CT molecular complexity index is 976. The first-order valence-electron chi connectivity index (χ1n) is 9.32. The van der Waals surface area contributed by atoms with Gasteiger partial charge in [0.25, 0.3) is 0 Å². The zero-order chi connectivity index (χ0) is 22.4. The van der Waals surface area contributed by atoms with E-state index in [1.165, 1.54) is 18.3 Å². The van der Waals surface area contributed by atoms with Crippen LogP contribution < -0.4 is 5.32 Å². The van der Waals surface area contributed by atoms with Crippen LogP contribution in [0.15, 0.2) is 22.0 Å². The van der Waals surface area contributed by atoms with Gasteiger partial charge in [-0.1, -0.05) is 11.2 Å². The molecule has 0 aromatic carbocycles. The van der Waals surface area contributed by atoms with Crippen molar-refractivity contribution in [1.82, 2.24) is 31.1 Å². The van der Waals surface area contributed by atoms with E-state index in [1.807, 2.05) is 5.38 Å². The van der Waals surface area contributed by atoms with Gasteiger partial charge in [0.05, 0.1) is 18.1 Å². The number of ether oxygens (including phenoxy) is 2. The third-order valence-electron chi connectivity index (χ3n) is 4.18. The summed E-state index contributed by atoms with van der Waals surface area (Å²) in [5.74, 6) is -2.11. The van der Waals surface area contributed by atoms with Crippen molar-refractivity contribution in [2.45, 2.75) is 32.7 Å². The topological polar surface area (TPSA) is 162 Å². The molecule has 164 valence electrons. The van der Waals surface area contributed by atoms with Gasteiger partial charge in [0.2, 0.25) is 17.3 Å². The van der Waals surface area contributed by atoms with Crippen LogP contribution in [0.25, 0.3) is 22.2 Å². The van der Waals surface area contributed by atoms with E-state index >= 15 is 0 Å². The summed E-state index contributed by atoms with van der Waals surface area (Å²) in [5.41, 5.74) is -1.68. The maximum absolute atomic E-state index is 13.0. The van der Waals surface area contributed by atoms with E-state index in [0.717, 1.165) is 0 Å². The molecule has 0 saturated carbocycles. The van der Waals surface area contributed by atoms with E-state index in [4.69, 9.17) is 14.0 Å². The second-order valence-electron chi connectivity index (χ2n) is 6.27. The van der Waals surface area contributed by atoms with Crippen molar-refractivity contribution >= 4 is 29.2 Å². The van der Waals surface area contributed by atoms with Gasteiger partial charge in [0, 0.05) is 18.9 Å². The molecule has 0 aliphatic carbocycles. The van der Waals surface area contributed by atoms with Gasteiger partial charge < -0.3 is 19.3 Å². The number of esters is 2. The van der Waals surface area contributed by atoms with Crippen molar-refractivity contribution in [3.05, 3.63) is 23.1 Å². The SMILES string of the molecule is CCOC(=O)C(Cc1c(-c2nnn[nH]2)noc1-c1cccs1)(NC(C)=O)C(=O)OCC. The summed E-state index contributed by atoms with van der Waals surface area (Å²) in [7, 11) is 0. The molecule has 2 N–H and O–H groups in total. The number of thiophene rings is 1. The molecule has 3 aromatic rings. The fourth-order valence-electron chi connectivity index (χ4n) is 2.97. The first-order valence-corrected chi connectivity index (χ1v) is 10.2. The van der Waals surface area contributed by atoms with Crippen LogP contribution in [0.1, 0.15) is 26.3 Å². The van der Waals surface area contributed by atoms with Gasteiger partial charge in [0.15, 0.2) is 11.5 Å². The molecule has 3 heterocycles. The Hall–Kier alpha value is -3.61.